The molecule has 5 rings (SSSR count). The van der Waals surface area contributed by atoms with Gasteiger partial charge in [-0.1, -0.05) is 41.9 Å². The molecule has 0 saturated heterocycles. The number of oxazole rings is 1. The monoisotopic (exact) mass is 458 g/mol. The Morgan fingerprint density at radius 2 is 1.78 bits per heavy atom. The van der Waals surface area contributed by atoms with Crippen LogP contribution in [0.4, 0.5) is 5.69 Å². The Morgan fingerprint density at radius 1 is 0.969 bits per heavy atom. The number of hydrogen-bond acceptors (Lipinski definition) is 5. The van der Waals surface area contributed by atoms with Crippen molar-refractivity contribution in [2.24, 2.45) is 0 Å². The molecule has 2 aromatic heterocycles. The summed E-state index contributed by atoms with van der Waals surface area (Å²) in [6.07, 6.45) is 1.66. The number of halogens is 1. The summed E-state index contributed by atoms with van der Waals surface area (Å²) in [5.41, 5.74) is 3.08. The van der Waals surface area contributed by atoms with Gasteiger partial charge in [0.05, 0.1) is 0 Å². The van der Waals surface area contributed by atoms with E-state index in [1.165, 1.54) is 0 Å². The maximum atomic E-state index is 12.8. The van der Waals surface area contributed by atoms with E-state index in [1.807, 2.05) is 48.5 Å². The van der Waals surface area contributed by atoms with Crippen LogP contribution in [-0.2, 0) is 0 Å². The number of amides is 1. The zero-order valence-corrected chi connectivity index (χ0v) is 18.1. The van der Waals surface area contributed by atoms with Gasteiger partial charge in [-0.05, 0) is 60.1 Å². The van der Waals surface area contributed by atoms with E-state index in [0.29, 0.717) is 33.4 Å². The predicted molar refractivity (Wildman–Crippen MR) is 130 cm³/mol. The highest BCUT2D eigenvalue weighted by Gasteiger charge is 2.14. The highest BCUT2D eigenvalue weighted by molar-refractivity contribution is 7.80. The minimum Gasteiger partial charge on any atom is -0.434 e. The van der Waals surface area contributed by atoms with Gasteiger partial charge in [-0.3, -0.25) is 10.1 Å². The van der Waals surface area contributed by atoms with Gasteiger partial charge in [0, 0.05) is 33.4 Å². The summed E-state index contributed by atoms with van der Waals surface area (Å²) in [5.74, 6) is 0.126. The summed E-state index contributed by atoms with van der Waals surface area (Å²) in [6.45, 7) is 0. The smallest absolute Gasteiger partial charge is 0.258 e. The number of rotatable bonds is 3. The molecule has 0 aliphatic carbocycles. The van der Waals surface area contributed by atoms with Crippen molar-refractivity contribution in [2.45, 2.75) is 0 Å². The van der Waals surface area contributed by atoms with Crippen molar-refractivity contribution in [1.82, 2.24) is 15.3 Å². The molecule has 0 fully saturated rings. The Labute approximate surface area is 193 Å². The lowest BCUT2D eigenvalue weighted by Gasteiger charge is -2.12. The van der Waals surface area contributed by atoms with E-state index in [9.17, 15) is 4.79 Å². The first-order valence-corrected chi connectivity index (χ1v) is 10.5. The zero-order chi connectivity index (χ0) is 22.1. The van der Waals surface area contributed by atoms with E-state index in [-0.39, 0.29) is 11.0 Å². The summed E-state index contributed by atoms with van der Waals surface area (Å²) in [4.78, 5) is 21.4. The summed E-state index contributed by atoms with van der Waals surface area (Å²) < 4.78 is 5.77. The van der Waals surface area contributed by atoms with Crippen molar-refractivity contribution < 1.29 is 9.21 Å². The third kappa shape index (κ3) is 3.91. The number of hydrogen-bond donors (Lipinski definition) is 2. The minimum absolute atomic E-state index is 0.172. The molecule has 2 heterocycles. The SMILES string of the molecule is O=C(NC(=S)Nc1cccc(-c2nc3ncccc3o2)c1)c1cccc2c(Cl)cccc12. The van der Waals surface area contributed by atoms with E-state index in [1.54, 1.807) is 30.5 Å². The fraction of sp³-hybridized carbons (Fsp3) is 0. The molecule has 0 spiro atoms. The molecule has 0 aliphatic rings. The van der Waals surface area contributed by atoms with E-state index in [2.05, 4.69) is 20.6 Å². The number of pyridine rings is 1. The van der Waals surface area contributed by atoms with Gasteiger partial charge in [-0.15, -0.1) is 0 Å². The van der Waals surface area contributed by atoms with Gasteiger partial charge in [0.25, 0.3) is 5.91 Å². The first-order chi connectivity index (χ1) is 15.6. The molecule has 0 bridgehead atoms. The minimum atomic E-state index is -0.323. The van der Waals surface area contributed by atoms with E-state index < -0.39 is 0 Å². The number of benzene rings is 3. The van der Waals surface area contributed by atoms with E-state index in [0.717, 1.165) is 16.3 Å². The Bertz CT molecular complexity index is 1470. The Hall–Kier alpha value is -3.81. The van der Waals surface area contributed by atoms with Gasteiger partial charge >= 0.3 is 0 Å². The predicted octanol–water partition coefficient (Wildman–Crippen LogP) is 5.82. The van der Waals surface area contributed by atoms with Crippen molar-refractivity contribution in [3.8, 4) is 11.5 Å². The number of carbonyl (C=O) groups is 1. The first-order valence-electron chi connectivity index (χ1n) is 9.70. The maximum absolute atomic E-state index is 12.8. The molecule has 0 atom stereocenters. The fourth-order valence-electron chi connectivity index (χ4n) is 3.42. The molecule has 0 aliphatic heterocycles. The molecule has 1 amide bonds. The molecule has 5 aromatic rings. The van der Waals surface area contributed by atoms with Crippen LogP contribution in [0.5, 0.6) is 0 Å². The third-order valence-corrected chi connectivity index (χ3v) is 5.41. The number of fused-ring (bicyclic) bond motifs is 2. The average molecular weight is 459 g/mol. The first kappa shape index (κ1) is 20.1. The molecule has 0 saturated carbocycles. The van der Waals surface area contributed by atoms with Crippen molar-refractivity contribution in [3.05, 3.63) is 89.6 Å². The standard InChI is InChI=1S/C24H15ClN4O2S/c25-19-10-3-7-16-17(19)8-2-9-18(16)22(30)29-24(32)27-15-6-1-5-14(13-15)23-28-21-20(31-23)11-4-12-26-21/h1-13H,(H2,27,29,30,32). The van der Waals surface area contributed by atoms with Gasteiger partial charge in [-0.2, -0.15) is 4.98 Å². The van der Waals surface area contributed by atoms with Gasteiger partial charge in [-0.25, -0.2) is 4.98 Å². The summed E-state index contributed by atoms with van der Waals surface area (Å²) in [5, 5.41) is 8.08. The van der Waals surface area contributed by atoms with Crippen molar-refractivity contribution in [3.63, 3.8) is 0 Å². The largest absolute Gasteiger partial charge is 0.434 e. The van der Waals surface area contributed by atoms with Crippen LogP contribution in [0.25, 0.3) is 33.5 Å². The number of anilines is 1. The fourth-order valence-corrected chi connectivity index (χ4v) is 3.87. The van der Waals surface area contributed by atoms with Crippen LogP contribution in [0, 0.1) is 0 Å². The van der Waals surface area contributed by atoms with Crippen LogP contribution >= 0.6 is 23.8 Å². The van der Waals surface area contributed by atoms with E-state index >= 15 is 0 Å². The van der Waals surface area contributed by atoms with E-state index in [4.69, 9.17) is 28.2 Å². The van der Waals surface area contributed by atoms with Gasteiger partial charge in [0.2, 0.25) is 5.89 Å². The molecular formula is C24H15ClN4O2S. The van der Waals surface area contributed by atoms with Crippen molar-refractivity contribution in [2.75, 3.05) is 5.32 Å². The summed E-state index contributed by atoms with van der Waals surface area (Å²) >= 11 is 11.6. The van der Waals surface area contributed by atoms with Crippen LogP contribution < -0.4 is 10.6 Å². The molecule has 32 heavy (non-hydrogen) atoms. The van der Waals surface area contributed by atoms with Gasteiger partial charge < -0.3 is 9.73 Å². The molecular weight excluding hydrogens is 444 g/mol. The van der Waals surface area contributed by atoms with Crippen LogP contribution in [0.3, 0.4) is 0 Å². The molecule has 0 unspecified atom stereocenters. The van der Waals surface area contributed by atoms with Crippen LogP contribution in [-0.4, -0.2) is 21.0 Å². The number of nitrogens with one attached hydrogen (secondary N) is 2. The number of aromatic nitrogens is 2. The second kappa shape index (κ2) is 8.37. The highest BCUT2D eigenvalue weighted by atomic mass is 35.5. The third-order valence-electron chi connectivity index (χ3n) is 4.87. The Balaban J connectivity index is 1.34. The van der Waals surface area contributed by atoms with Crippen molar-refractivity contribution in [1.29, 1.82) is 0 Å². The van der Waals surface area contributed by atoms with Crippen LogP contribution in [0.2, 0.25) is 5.02 Å². The molecule has 8 heteroatoms. The number of thiocarbonyl (C=S) groups is 1. The topological polar surface area (TPSA) is 80.0 Å². The quantitative estimate of drug-likeness (QED) is 0.331. The molecule has 156 valence electrons. The average Bonchev–Trinajstić information content (AvgIpc) is 3.23. The second-order valence-electron chi connectivity index (χ2n) is 6.97. The van der Waals surface area contributed by atoms with Crippen molar-refractivity contribution >= 4 is 62.5 Å². The van der Waals surface area contributed by atoms with Crippen LogP contribution in [0.1, 0.15) is 10.4 Å². The summed E-state index contributed by atoms with van der Waals surface area (Å²) in [6, 6.07) is 21.8. The molecule has 3 aromatic carbocycles. The number of carbonyl (C=O) groups excluding carboxylic acids is 1. The molecule has 6 nitrogen and oxygen atoms in total. The van der Waals surface area contributed by atoms with Gasteiger partial charge in [0.1, 0.15) is 0 Å². The normalized spacial score (nSPS) is 10.9. The Morgan fingerprint density at radius 3 is 2.66 bits per heavy atom. The lowest BCUT2D eigenvalue weighted by Crippen LogP contribution is -2.34. The maximum Gasteiger partial charge on any atom is 0.258 e. The number of nitrogens with zero attached hydrogens (tertiary/aromatic N) is 2. The van der Waals surface area contributed by atoms with Crippen LogP contribution in [0.15, 0.2) is 83.4 Å². The summed E-state index contributed by atoms with van der Waals surface area (Å²) in [7, 11) is 0. The molecule has 0 radical (unpaired) electrons. The zero-order valence-electron chi connectivity index (χ0n) is 16.5. The highest BCUT2D eigenvalue weighted by Crippen LogP contribution is 2.27. The lowest BCUT2D eigenvalue weighted by atomic mass is 10.0. The lowest BCUT2D eigenvalue weighted by molar-refractivity contribution is 0.0979. The Kier molecular flexibility index (Phi) is 5.26. The second-order valence-corrected chi connectivity index (χ2v) is 7.79. The van der Waals surface area contributed by atoms with Gasteiger partial charge in [0.15, 0.2) is 16.3 Å². The molecule has 2 N–H and O–H groups in total.